The van der Waals surface area contributed by atoms with E-state index in [1.54, 1.807) is 6.07 Å². The van der Waals surface area contributed by atoms with E-state index in [1.165, 1.54) is 83.8 Å². The molecule has 0 N–H and O–H groups in total. The highest BCUT2D eigenvalue weighted by molar-refractivity contribution is 5.68. The molecule has 0 saturated heterocycles. The largest absolute Gasteiger partial charge is 0.215 e. The second kappa shape index (κ2) is 21.7. The number of aromatic nitrogens is 4. The van der Waals surface area contributed by atoms with Gasteiger partial charge in [-0.05, 0) is 170 Å². The topological polar surface area (TPSA) is 15.5 Å². The van der Waals surface area contributed by atoms with Crippen molar-refractivity contribution < 1.29 is 22.4 Å². The molecule has 0 spiro atoms. The lowest BCUT2D eigenvalue weighted by Crippen LogP contribution is -2.31. The maximum atomic E-state index is 7.61. The number of rotatable bonds is 4. The Morgan fingerprint density at radius 3 is 1.25 bits per heavy atom. The second-order valence-electron chi connectivity index (χ2n) is 17.4. The molecule has 4 heteroatoms. The molecule has 0 fully saturated rings. The summed E-state index contributed by atoms with van der Waals surface area (Å²) in [6.45, 7) is 21.4. The number of hydrogen-bond donors (Lipinski definition) is 0. The maximum Gasteiger partial charge on any atom is 0.215 e. The van der Waals surface area contributed by atoms with Crippen LogP contribution in [0, 0.1) is 83.0 Å². The van der Waals surface area contributed by atoms with Gasteiger partial charge in [0, 0.05) is 67.8 Å². The summed E-state index contributed by atoms with van der Waals surface area (Å²) < 4.78 is 31.4. The Kier molecular flexibility index (Phi) is 15.0. The van der Waals surface area contributed by atoms with Gasteiger partial charge in [-0.25, -0.2) is 18.3 Å². The van der Waals surface area contributed by atoms with Gasteiger partial charge in [0.05, 0.1) is 5.56 Å². The first-order chi connectivity index (χ1) is 31.6. The van der Waals surface area contributed by atoms with Gasteiger partial charge in [0.2, 0.25) is 22.8 Å². The van der Waals surface area contributed by atoms with E-state index >= 15 is 0 Å². The first kappa shape index (κ1) is 44.1. The van der Waals surface area contributed by atoms with Gasteiger partial charge < -0.3 is 0 Å². The summed E-state index contributed by atoms with van der Waals surface area (Å²) in [5.41, 5.74) is 24.4. The van der Waals surface area contributed by atoms with Crippen molar-refractivity contribution in [1.29, 1.82) is 0 Å². The van der Waals surface area contributed by atoms with Crippen LogP contribution in [-0.4, -0.2) is 0 Å². The lowest BCUT2D eigenvalue weighted by Gasteiger charge is -2.10. The molecule has 0 unspecified atom stereocenters. The second-order valence-corrected chi connectivity index (χ2v) is 17.4. The van der Waals surface area contributed by atoms with Crippen molar-refractivity contribution in [1.82, 2.24) is 0 Å². The van der Waals surface area contributed by atoms with Crippen LogP contribution >= 0.6 is 0 Å². The Morgan fingerprint density at radius 2 is 0.766 bits per heavy atom. The van der Waals surface area contributed by atoms with Crippen LogP contribution in [0.25, 0.3) is 45.0 Å². The third kappa shape index (κ3) is 11.3. The molecule has 0 amide bonds. The SMILES string of the molecule is Cc1ccc(-c2c(C)ccc[n+]2C)c(C)c1.Cc1ccc(C)c(-c2cccc[n+]2C)c1C.Cc1cccc(-c2c(C)ccc[n+]2C)c1C.[2H]C([2H])([2H])c1cccc(-c2c(C)ccc[n+]2C)c1C. The van der Waals surface area contributed by atoms with E-state index < -0.39 is 6.85 Å². The molecule has 0 aliphatic rings. The zero-order valence-electron chi connectivity index (χ0n) is 44.1. The van der Waals surface area contributed by atoms with E-state index in [9.17, 15) is 0 Å². The maximum absolute atomic E-state index is 7.61. The highest BCUT2D eigenvalue weighted by Gasteiger charge is 2.18. The number of aryl methyl sites for hydroxylation is 13. The third-order valence-electron chi connectivity index (χ3n) is 12.5. The molecule has 0 saturated carbocycles. The number of hydrogen-bond acceptors (Lipinski definition) is 0. The number of benzene rings is 4. The van der Waals surface area contributed by atoms with E-state index in [0.29, 0.717) is 5.56 Å². The molecule has 8 rings (SSSR count). The van der Waals surface area contributed by atoms with Crippen LogP contribution in [0.15, 0.2) is 146 Å². The smallest absolute Gasteiger partial charge is 0.201 e. The quantitative estimate of drug-likeness (QED) is 0.157. The molecule has 64 heavy (non-hydrogen) atoms. The van der Waals surface area contributed by atoms with E-state index in [-0.39, 0.29) is 0 Å². The molecular formula is C60H72N4+4. The summed E-state index contributed by atoms with van der Waals surface area (Å²) in [7, 11) is 8.27. The average Bonchev–Trinajstić information content (AvgIpc) is 3.26. The van der Waals surface area contributed by atoms with E-state index in [0.717, 1.165) is 22.4 Å². The predicted octanol–water partition coefficient (Wildman–Crippen LogP) is 12.4. The zero-order chi connectivity index (χ0) is 49.3. The molecule has 328 valence electrons. The molecule has 0 aliphatic carbocycles. The van der Waals surface area contributed by atoms with Crippen LogP contribution in [0.4, 0.5) is 0 Å². The summed E-state index contributed by atoms with van der Waals surface area (Å²) in [5.74, 6) is 0. The standard InChI is InChI=1S/4C15H18N/c2*1-11-7-5-9-14(13(11)3)15-12(2)8-6-10-16(15)4;1-11-7-8-14(13(3)10-11)15-12(2)6-5-9-16(15)4;1-11-8-9-12(2)15(13(11)3)14-7-5-6-10-16(14)4/h4*5-10H,1-4H3/q4*+1/i1D3;;;. The van der Waals surface area contributed by atoms with Gasteiger partial charge in [-0.15, -0.1) is 0 Å². The predicted molar refractivity (Wildman–Crippen MR) is 269 cm³/mol. The van der Waals surface area contributed by atoms with Gasteiger partial charge in [0.1, 0.15) is 28.2 Å². The molecule has 0 radical (unpaired) electrons. The fraction of sp³-hybridized carbons (Fsp3) is 0.267. The van der Waals surface area contributed by atoms with Crippen LogP contribution in [0.1, 0.15) is 70.9 Å². The first-order valence-corrected chi connectivity index (χ1v) is 22.3. The molecule has 4 aromatic heterocycles. The minimum atomic E-state index is -2.07. The van der Waals surface area contributed by atoms with Crippen molar-refractivity contribution in [2.75, 3.05) is 0 Å². The van der Waals surface area contributed by atoms with Gasteiger partial charge >= 0.3 is 0 Å². The van der Waals surface area contributed by atoms with Gasteiger partial charge in [-0.3, -0.25) is 0 Å². The molecular weight excluding hydrogens is 777 g/mol. The van der Waals surface area contributed by atoms with Crippen molar-refractivity contribution >= 4 is 0 Å². The molecule has 0 atom stereocenters. The van der Waals surface area contributed by atoms with E-state index in [4.69, 9.17) is 4.11 Å². The van der Waals surface area contributed by atoms with Crippen LogP contribution in [0.2, 0.25) is 0 Å². The molecule has 0 bridgehead atoms. The molecule has 4 nitrogen and oxygen atoms in total. The Hall–Kier alpha value is -6.52. The Labute approximate surface area is 390 Å². The lowest BCUT2D eigenvalue weighted by atomic mass is 9.95. The van der Waals surface area contributed by atoms with Crippen LogP contribution < -0.4 is 18.3 Å². The van der Waals surface area contributed by atoms with Gasteiger partial charge in [-0.1, -0.05) is 54.1 Å². The molecule has 0 aliphatic heterocycles. The zero-order valence-corrected chi connectivity index (χ0v) is 41.1. The molecule has 4 aromatic carbocycles. The van der Waals surface area contributed by atoms with Gasteiger partial charge in [0.15, 0.2) is 24.8 Å². The highest BCUT2D eigenvalue weighted by atomic mass is 14.9. The fourth-order valence-corrected chi connectivity index (χ4v) is 8.56. The van der Waals surface area contributed by atoms with E-state index in [2.05, 4.69) is 207 Å². The summed E-state index contributed by atoms with van der Waals surface area (Å²) in [5, 5.41) is 0. The Bertz CT molecular complexity index is 2960. The van der Waals surface area contributed by atoms with Crippen LogP contribution in [-0.2, 0) is 28.2 Å². The third-order valence-corrected chi connectivity index (χ3v) is 12.5. The normalized spacial score (nSPS) is 11.4. The first-order valence-electron chi connectivity index (χ1n) is 23.8. The van der Waals surface area contributed by atoms with Crippen molar-refractivity contribution in [3.05, 3.63) is 213 Å². The summed E-state index contributed by atoms with van der Waals surface area (Å²) in [6.07, 6.45) is 8.27. The monoisotopic (exact) mass is 852 g/mol. The van der Waals surface area contributed by atoms with E-state index in [1.807, 2.05) is 55.9 Å². The van der Waals surface area contributed by atoms with Crippen LogP contribution in [0.3, 0.4) is 0 Å². The summed E-state index contributed by atoms with van der Waals surface area (Å²) >= 11 is 0. The minimum Gasteiger partial charge on any atom is -0.201 e. The van der Waals surface area contributed by atoms with Gasteiger partial charge in [-0.2, -0.15) is 0 Å². The van der Waals surface area contributed by atoms with Crippen LogP contribution in [0.5, 0.6) is 0 Å². The van der Waals surface area contributed by atoms with Crippen molar-refractivity contribution in [3.8, 4) is 45.0 Å². The summed E-state index contributed by atoms with van der Waals surface area (Å²) in [4.78, 5) is 0. The highest BCUT2D eigenvalue weighted by Crippen LogP contribution is 2.28. The average molecular weight is 852 g/mol. The Balaban J connectivity index is 0.000000168. The summed E-state index contributed by atoms with van der Waals surface area (Å²) in [6, 6.07) is 41.8. The fourth-order valence-electron chi connectivity index (χ4n) is 8.56. The molecule has 4 heterocycles. The van der Waals surface area contributed by atoms with Crippen molar-refractivity contribution in [2.24, 2.45) is 28.2 Å². The number of nitrogens with zero attached hydrogens (tertiary/aromatic N) is 4. The van der Waals surface area contributed by atoms with Crippen molar-refractivity contribution in [3.63, 3.8) is 0 Å². The Morgan fingerprint density at radius 1 is 0.328 bits per heavy atom. The van der Waals surface area contributed by atoms with Crippen molar-refractivity contribution in [2.45, 2.75) is 83.0 Å². The lowest BCUT2D eigenvalue weighted by molar-refractivity contribution is -0.660. The molecule has 8 aromatic rings. The minimum absolute atomic E-state index is 0.424. The number of pyridine rings is 4. The van der Waals surface area contributed by atoms with Gasteiger partial charge in [0.25, 0.3) is 0 Å².